The van der Waals surface area contributed by atoms with Gasteiger partial charge in [0.05, 0.1) is 24.2 Å². The molecule has 1 aromatic rings. The van der Waals surface area contributed by atoms with E-state index in [-0.39, 0.29) is 11.8 Å². The lowest BCUT2D eigenvalue weighted by molar-refractivity contribution is -0.136. The second-order valence-corrected chi connectivity index (χ2v) is 10.3. The van der Waals surface area contributed by atoms with Crippen molar-refractivity contribution in [1.29, 1.82) is 0 Å². The minimum atomic E-state index is -0.676. The zero-order valence-corrected chi connectivity index (χ0v) is 20.8. The Hall–Kier alpha value is -1.73. The van der Waals surface area contributed by atoms with Gasteiger partial charge in [-0.05, 0) is 69.7 Å². The van der Waals surface area contributed by atoms with Crippen LogP contribution in [-0.4, -0.2) is 75.6 Å². The van der Waals surface area contributed by atoms with Gasteiger partial charge in [-0.1, -0.05) is 36.4 Å². The number of nitrogens with zero attached hydrogens (tertiary/aromatic N) is 1. The number of amides is 1. The molecule has 0 aliphatic heterocycles. The van der Waals surface area contributed by atoms with Gasteiger partial charge in [0.1, 0.15) is 0 Å². The number of benzene rings is 1. The van der Waals surface area contributed by atoms with E-state index >= 15 is 0 Å². The Kier molecular flexibility index (Phi) is 9.10. The van der Waals surface area contributed by atoms with Crippen LogP contribution in [0.1, 0.15) is 44.6 Å². The summed E-state index contributed by atoms with van der Waals surface area (Å²) in [5.74, 6) is 0.656. The van der Waals surface area contributed by atoms with Crippen LogP contribution in [0.2, 0.25) is 0 Å². The van der Waals surface area contributed by atoms with E-state index in [4.69, 9.17) is 9.47 Å². The smallest absolute Gasteiger partial charge is 0.230 e. The number of fused-ring (bicyclic) bond motifs is 2. The molecule has 2 bridgehead atoms. The van der Waals surface area contributed by atoms with Crippen molar-refractivity contribution in [3.05, 3.63) is 42.0 Å². The number of allylic oxidation sites excluding steroid dienone is 1. The number of carbonyl (C=O) groups is 1. The lowest BCUT2D eigenvalue weighted by Gasteiger charge is -2.48. The monoisotopic (exact) mass is 458 g/mol. The van der Waals surface area contributed by atoms with Crippen LogP contribution < -0.4 is 5.32 Å². The maximum absolute atomic E-state index is 12.5. The number of carbonyl (C=O) groups excluding carboxylic acids is 1. The Bertz CT molecular complexity index is 791. The minimum absolute atomic E-state index is 0.0394. The number of methoxy groups -OCH3 is 2. The van der Waals surface area contributed by atoms with Crippen LogP contribution in [0.25, 0.3) is 5.57 Å². The molecule has 3 aliphatic rings. The highest BCUT2D eigenvalue weighted by molar-refractivity contribution is 5.82. The Labute approximate surface area is 199 Å². The molecular weight excluding hydrogens is 416 g/mol. The van der Waals surface area contributed by atoms with Crippen LogP contribution >= 0.6 is 0 Å². The Morgan fingerprint density at radius 1 is 1.18 bits per heavy atom. The van der Waals surface area contributed by atoms with Gasteiger partial charge in [0, 0.05) is 33.2 Å². The predicted molar refractivity (Wildman–Crippen MR) is 132 cm³/mol. The minimum Gasteiger partial charge on any atom is -0.389 e. The van der Waals surface area contributed by atoms with Crippen LogP contribution in [0.5, 0.6) is 0 Å². The largest absolute Gasteiger partial charge is 0.389 e. The van der Waals surface area contributed by atoms with E-state index in [1.807, 2.05) is 6.92 Å². The molecule has 1 amide bonds. The van der Waals surface area contributed by atoms with Crippen molar-refractivity contribution in [2.45, 2.75) is 44.6 Å². The molecule has 1 fully saturated rings. The number of hydrogen-bond donors (Lipinski definition) is 2. The second-order valence-electron chi connectivity index (χ2n) is 10.3. The Morgan fingerprint density at radius 2 is 1.88 bits per heavy atom. The second kappa shape index (κ2) is 11.6. The molecule has 0 radical (unpaired) electrons. The highest BCUT2D eigenvalue weighted by Crippen LogP contribution is 2.51. The molecule has 0 heterocycles. The van der Waals surface area contributed by atoms with E-state index in [0.717, 1.165) is 38.8 Å². The van der Waals surface area contributed by atoms with Gasteiger partial charge in [0.25, 0.3) is 0 Å². The first-order valence-electron chi connectivity index (χ1n) is 12.3. The molecule has 33 heavy (non-hydrogen) atoms. The molecule has 0 aromatic heterocycles. The summed E-state index contributed by atoms with van der Waals surface area (Å²) in [5, 5.41) is 14.5. The van der Waals surface area contributed by atoms with E-state index in [0.29, 0.717) is 25.7 Å². The zero-order chi connectivity index (χ0) is 23.9. The van der Waals surface area contributed by atoms with Crippen molar-refractivity contribution in [2.24, 2.45) is 17.3 Å². The van der Waals surface area contributed by atoms with E-state index in [1.54, 1.807) is 14.2 Å². The van der Waals surface area contributed by atoms with Gasteiger partial charge in [0.2, 0.25) is 5.91 Å². The predicted octanol–water partition coefficient (Wildman–Crippen LogP) is 3.36. The summed E-state index contributed by atoms with van der Waals surface area (Å²) in [6.45, 7) is 4.86. The van der Waals surface area contributed by atoms with Gasteiger partial charge in [-0.15, -0.1) is 0 Å². The van der Waals surface area contributed by atoms with Crippen molar-refractivity contribution in [3.63, 3.8) is 0 Å². The molecule has 3 aliphatic carbocycles. The molecule has 1 aromatic carbocycles. The summed E-state index contributed by atoms with van der Waals surface area (Å²) in [4.78, 5) is 14.8. The summed E-state index contributed by atoms with van der Waals surface area (Å²) in [7, 11) is 5.29. The lowest BCUT2D eigenvalue weighted by Crippen LogP contribution is -2.48. The Balaban J connectivity index is 1.43. The van der Waals surface area contributed by atoms with Crippen LogP contribution in [-0.2, 0) is 14.3 Å². The maximum atomic E-state index is 12.5. The first-order chi connectivity index (χ1) is 15.8. The summed E-state index contributed by atoms with van der Waals surface area (Å²) < 4.78 is 10.4. The van der Waals surface area contributed by atoms with E-state index in [9.17, 15) is 9.90 Å². The molecule has 3 atom stereocenters. The maximum Gasteiger partial charge on any atom is 0.230 e. The fourth-order valence-electron chi connectivity index (χ4n) is 5.51. The normalized spacial score (nSPS) is 24.7. The van der Waals surface area contributed by atoms with E-state index in [1.165, 1.54) is 17.6 Å². The van der Waals surface area contributed by atoms with Crippen LogP contribution in [0.3, 0.4) is 0 Å². The van der Waals surface area contributed by atoms with Gasteiger partial charge in [-0.2, -0.15) is 0 Å². The number of nitrogens with one attached hydrogen (secondary N) is 1. The van der Waals surface area contributed by atoms with E-state index in [2.05, 4.69) is 53.7 Å². The van der Waals surface area contributed by atoms with Gasteiger partial charge < -0.3 is 24.8 Å². The van der Waals surface area contributed by atoms with Crippen LogP contribution in [0, 0.1) is 17.3 Å². The SMILES string of the molecule is COCC(C)(COC)C(=O)NCCCN(C)CC[C@@]1(O)C[C@@H]2CC[C@@H]1C=C2c1ccccc1. The molecule has 184 valence electrons. The zero-order valence-electron chi connectivity index (χ0n) is 20.8. The average molecular weight is 459 g/mol. The summed E-state index contributed by atoms with van der Waals surface area (Å²) >= 11 is 0. The van der Waals surface area contributed by atoms with Gasteiger partial charge in [0.15, 0.2) is 0 Å². The standard InChI is InChI=1S/C27H42N2O4/c1-26(19-32-3,20-33-4)25(30)28-14-8-15-29(2)16-13-27(31)18-22-11-12-23(27)17-24(22)21-9-6-5-7-10-21/h5-7,9-10,17,22-23,31H,8,11-16,18-20H2,1-4H3,(H,28,30)/t22-,23+,27+/m0/s1. The first kappa shape index (κ1) is 25.9. The third kappa shape index (κ3) is 6.44. The number of rotatable bonds is 13. The van der Waals surface area contributed by atoms with Crippen molar-refractivity contribution < 1.29 is 19.4 Å². The third-order valence-corrected chi connectivity index (χ3v) is 7.45. The molecule has 0 saturated heterocycles. The molecule has 1 saturated carbocycles. The summed E-state index contributed by atoms with van der Waals surface area (Å²) in [6, 6.07) is 10.6. The average Bonchev–Trinajstić information content (AvgIpc) is 2.81. The number of aliphatic hydroxyl groups is 1. The molecule has 6 heteroatoms. The van der Waals surface area contributed by atoms with Crippen molar-refractivity contribution in [1.82, 2.24) is 10.2 Å². The molecule has 0 spiro atoms. The molecule has 2 N–H and O–H groups in total. The Morgan fingerprint density at radius 3 is 2.48 bits per heavy atom. The van der Waals surface area contributed by atoms with Crippen LogP contribution in [0.15, 0.2) is 36.4 Å². The topological polar surface area (TPSA) is 71.0 Å². The fourth-order valence-corrected chi connectivity index (χ4v) is 5.51. The number of ether oxygens (including phenoxy) is 2. The van der Waals surface area contributed by atoms with Gasteiger partial charge >= 0.3 is 0 Å². The van der Waals surface area contributed by atoms with Crippen molar-refractivity contribution in [3.8, 4) is 0 Å². The van der Waals surface area contributed by atoms with Crippen molar-refractivity contribution in [2.75, 3.05) is 54.1 Å². The molecule has 4 rings (SSSR count). The van der Waals surface area contributed by atoms with Crippen LogP contribution in [0.4, 0.5) is 0 Å². The van der Waals surface area contributed by atoms with Crippen molar-refractivity contribution >= 4 is 11.5 Å². The highest BCUT2D eigenvalue weighted by atomic mass is 16.5. The quantitative estimate of drug-likeness (QED) is 0.444. The lowest BCUT2D eigenvalue weighted by atomic mass is 9.61. The first-order valence-corrected chi connectivity index (χ1v) is 12.3. The van der Waals surface area contributed by atoms with Gasteiger partial charge in [-0.25, -0.2) is 0 Å². The third-order valence-electron chi connectivity index (χ3n) is 7.45. The molecular formula is C27H42N2O4. The molecule has 6 nitrogen and oxygen atoms in total. The van der Waals surface area contributed by atoms with E-state index < -0.39 is 11.0 Å². The van der Waals surface area contributed by atoms with Gasteiger partial charge in [-0.3, -0.25) is 4.79 Å². The fraction of sp³-hybridized carbons (Fsp3) is 0.667. The molecule has 0 unspecified atom stereocenters. The summed E-state index contributed by atoms with van der Waals surface area (Å²) in [5.41, 5.74) is 1.45. The summed E-state index contributed by atoms with van der Waals surface area (Å²) in [6.07, 6.45) is 7.11. The highest BCUT2D eigenvalue weighted by Gasteiger charge is 2.46. The number of hydrogen-bond acceptors (Lipinski definition) is 5.